The molecule has 0 saturated heterocycles. The Morgan fingerprint density at radius 3 is 2.96 bits per heavy atom. The third-order valence-corrected chi connectivity index (χ3v) is 4.90. The summed E-state index contributed by atoms with van der Waals surface area (Å²) in [6.45, 7) is 2.71. The summed E-state index contributed by atoms with van der Waals surface area (Å²) in [5.41, 5.74) is 0. The molecular formula is C14H17N5O3S. The highest BCUT2D eigenvalue weighted by molar-refractivity contribution is 7.17. The molecule has 0 bridgehead atoms. The van der Waals surface area contributed by atoms with Crippen molar-refractivity contribution in [2.75, 3.05) is 0 Å². The molecule has 0 spiro atoms. The second kappa shape index (κ2) is 6.45. The first-order valence-corrected chi connectivity index (χ1v) is 8.35. The van der Waals surface area contributed by atoms with E-state index in [4.69, 9.17) is 0 Å². The largest absolute Gasteiger partial charge is 0.342 e. The molecular weight excluding hydrogens is 318 g/mol. The number of carbonyl (C=O) groups excluding carboxylic acids is 1. The molecule has 2 aromatic heterocycles. The number of aromatic nitrogens is 3. The molecule has 122 valence electrons. The maximum absolute atomic E-state index is 12.2. The van der Waals surface area contributed by atoms with Crippen molar-refractivity contribution in [3.05, 3.63) is 38.8 Å². The number of nitrogens with zero attached hydrogens (tertiary/aromatic N) is 4. The van der Waals surface area contributed by atoms with Crippen LogP contribution in [0.1, 0.15) is 53.5 Å². The molecule has 2 aromatic rings. The lowest BCUT2D eigenvalue weighted by molar-refractivity contribution is -0.380. The van der Waals surface area contributed by atoms with Crippen LogP contribution in [0.3, 0.4) is 0 Å². The zero-order chi connectivity index (χ0) is 16.4. The Bertz CT molecular complexity index is 739. The van der Waals surface area contributed by atoms with Crippen molar-refractivity contribution in [1.82, 2.24) is 20.1 Å². The van der Waals surface area contributed by atoms with Crippen molar-refractivity contribution < 1.29 is 9.72 Å². The Labute approximate surface area is 136 Å². The third-order valence-electron chi connectivity index (χ3n) is 3.87. The summed E-state index contributed by atoms with van der Waals surface area (Å²) in [7, 11) is 0. The minimum atomic E-state index is -0.497. The Balaban J connectivity index is 1.73. The van der Waals surface area contributed by atoms with E-state index < -0.39 is 4.92 Å². The standard InChI is InChI=1S/C14H17N5O3S/c1-9(13-17-16-11-5-3-2-4-8-18(11)13)15-14(20)10-6-7-12(23-10)19(21)22/h6-7,9H,2-5,8H2,1H3,(H,15,20). The van der Waals surface area contributed by atoms with Gasteiger partial charge in [0.2, 0.25) is 0 Å². The maximum Gasteiger partial charge on any atom is 0.324 e. The Kier molecular flexibility index (Phi) is 4.37. The summed E-state index contributed by atoms with van der Waals surface area (Å²) in [6.07, 6.45) is 4.26. The monoisotopic (exact) mass is 335 g/mol. The van der Waals surface area contributed by atoms with E-state index in [0.29, 0.717) is 4.88 Å². The van der Waals surface area contributed by atoms with Gasteiger partial charge in [0.25, 0.3) is 5.91 Å². The smallest absolute Gasteiger partial charge is 0.324 e. The maximum atomic E-state index is 12.2. The average molecular weight is 335 g/mol. The SMILES string of the molecule is CC(NC(=O)c1ccc([N+](=O)[O-])s1)c1nnc2n1CCCCC2. The number of rotatable bonds is 4. The quantitative estimate of drug-likeness (QED) is 0.683. The van der Waals surface area contributed by atoms with Gasteiger partial charge in [0.05, 0.1) is 15.8 Å². The van der Waals surface area contributed by atoms with Crippen molar-refractivity contribution in [2.24, 2.45) is 0 Å². The number of nitro groups is 1. The average Bonchev–Trinajstić information content (AvgIpc) is 3.10. The predicted octanol–water partition coefficient (Wildman–Crippen LogP) is 2.47. The molecule has 1 aliphatic rings. The highest BCUT2D eigenvalue weighted by Gasteiger charge is 2.22. The van der Waals surface area contributed by atoms with Gasteiger partial charge >= 0.3 is 5.00 Å². The number of hydrogen-bond donors (Lipinski definition) is 1. The van der Waals surface area contributed by atoms with Crippen LogP contribution in [0.5, 0.6) is 0 Å². The van der Waals surface area contributed by atoms with Crippen molar-refractivity contribution in [3.63, 3.8) is 0 Å². The zero-order valence-corrected chi connectivity index (χ0v) is 13.5. The number of hydrogen-bond acceptors (Lipinski definition) is 6. The van der Waals surface area contributed by atoms with Gasteiger partial charge in [0, 0.05) is 19.0 Å². The molecule has 0 radical (unpaired) electrons. The molecule has 0 aliphatic carbocycles. The highest BCUT2D eigenvalue weighted by atomic mass is 32.1. The predicted molar refractivity (Wildman–Crippen MR) is 84.4 cm³/mol. The Morgan fingerprint density at radius 2 is 2.22 bits per heavy atom. The van der Waals surface area contributed by atoms with E-state index in [1.54, 1.807) is 0 Å². The number of amides is 1. The first-order chi connectivity index (χ1) is 11.1. The van der Waals surface area contributed by atoms with Gasteiger partial charge in [-0.15, -0.1) is 10.2 Å². The van der Waals surface area contributed by atoms with Gasteiger partial charge in [-0.3, -0.25) is 14.9 Å². The van der Waals surface area contributed by atoms with Crippen molar-refractivity contribution in [2.45, 2.75) is 45.2 Å². The Hall–Kier alpha value is -2.29. The molecule has 0 aromatic carbocycles. The van der Waals surface area contributed by atoms with E-state index in [-0.39, 0.29) is 17.0 Å². The molecule has 3 rings (SSSR count). The zero-order valence-electron chi connectivity index (χ0n) is 12.7. The molecule has 1 atom stereocenters. The van der Waals surface area contributed by atoms with Crippen LogP contribution < -0.4 is 5.32 Å². The second-order valence-corrected chi connectivity index (χ2v) is 6.59. The lowest BCUT2D eigenvalue weighted by Crippen LogP contribution is -2.28. The number of carbonyl (C=O) groups is 1. The second-order valence-electron chi connectivity index (χ2n) is 5.53. The molecule has 0 fully saturated rings. The lowest BCUT2D eigenvalue weighted by Gasteiger charge is -2.14. The van der Waals surface area contributed by atoms with E-state index in [2.05, 4.69) is 20.1 Å². The first kappa shape index (κ1) is 15.6. The van der Waals surface area contributed by atoms with Crippen LogP contribution in [-0.2, 0) is 13.0 Å². The summed E-state index contributed by atoms with van der Waals surface area (Å²) in [4.78, 5) is 22.8. The molecule has 8 nitrogen and oxygen atoms in total. The van der Waals surface area contributed by atoms with Gasteiger partial charge in [-0.05, 0) is 25.8 Å². The summed E-state index contributed by atoms with van der Waals surface area (Å²) < 4.78 is 2.08. The lowest BCUT2D eigenvalue weighted by atomic mass is 10.2. The van der Waals surface area contributed by atoms with Crippen LogP contribution in [0.15, 0.2) is 12.1 Å². The Morgan fingerprint density at radius 1 is 1.39 bits per heavy atom. The molecule has 1 unspecified atom stereocenters. The molecule has 23 heavy (non-hydrogen) atoms. The van der Waals surface area contributed by atoms with Crippen LogP contribution >= 0.6 is 11.3 Å². The summed E-state index contributed by atoms with van der Waals surface area (Å²) >= 11 is 0.866. The molecule has 1 N–H and O–H groups in total. The number of fused-ring (bicyclic) bond motifs is 1. The molecule has 9 heteroatoms. The van der Waals surface area contributed by atoms with Crippen molar-refractivity contribution in [3.8, 4) is 0 Å². The van der Waals surface area contributed by atoms with E-state index in [1.807, 2.05) is 6.92 Å². The topological polar surface area (TPSA) is 103 Å². The van der Waals surface area contributed by atoms with Gasteiger partial charge in [0.15, 0.2) is 5.82 Å². The van der Waals surface area contributed by atoms with Crippen LogP contribution in [0.25, 0.3) is 0 Å². The van der Waals surface area contributed by atoms with Crippen LogP contribution in [-0.4, -0.2) is 25.6 Å². The van der Waals surface area contributed by atoms with Crippen LogP contribution in [0, 0.1) is 10.1 Å². The third kappa shape index (κ3) is 3.24. The van der Waals surface area contributed by atoms with E-state index >= 15 is 0 Å². The molecule has 1 amide bonds. The van der Waals surface area contributed by atoms with E-state index in [1.165, 1.54) is 18.6 Å². The summed E-state index contributed by atoms with van der Waals surface area (Å²) in [5, 5.41) is 21.9. The number of thiophene rings is 1. The van der Waals surface area contributed by atoms with Gasteiger partial charge in [-0.25, -0.2) is 0 Å². The minimum Gasteiger partial charge on any atom is -0.342 e. The van der Waals surface area contributed by atoms with Gasteiger partial charge in [-0.1, -0.05) is 17.8 Å². The van der Waals surface area contributed by atoms with Crippen LogP contribution in [0.4, 0.5) is 5.00 Å². The van der Waals surface area contributed by atoms with Crippen molar-refractivity contribution in [1.29, 1.82) is 0 Å². The van der Waals surface area contributed by atoms with E-state index in [0.717, 1.165) is 48.8 Å². The molecule has 1 aliphatic heterocycles. The first-order valence-electron chi connectivity index (χ1n) is 7.53. The minimum absolute atomic E-state index is 0.0425. The summed E-state index contributed by atoms with van der Waals surface area (Å²) in [6, 6.07) is 2.51. The fourth-order valence-electron chi connectivity index (χ4n) is 2.71. The van der Waals surface area contributed by atoms with Crippen molar-refractivity contribution >= 4 is 22.2 Å². The van der Waals surface area contributed by atoms with E-state index in [9.17, 15) is 14.9 Å². The normalized spacial score (nSPS) is 15.5. The number of nitrogens with one attached hydrogen (secondary N) is 1. The molecule has 3 heterocycles. The van der Waals surface area contributed by atoms with Gasteiger partial charge < -0.3 is 9.88 Å². The molecule has 0 saturated carbocycles. The van der Waals surface area contributed by atoms with Gasteiger partial charge in [0.1, 0.15) is 5.82 Å². The fourth-order valence-corrected chi connectivity index (χ4v) is 3.43. The van der Waals surface area contributed by atoms with Gasteiger partial charge in [-0.2, -0.15) is 0 Å². The highest BCUT2D eigenvalue weighted by Crippen LogP contribution is 2.25. The fraction of sp³-hybridized carbons (Fsp3) is 0.500. The van der Waals surface area contributed by atoms with Crippen LogP contribution in [0.2, 0.25) is 0 Å². The summed E-state index contributed by atoms with van der Waals surface area (Å²) in [5.74, 6) is 1.37. The number of aryl methyl sites for hydroxylation is 1.